The van der Waals surface area contributed by atoms with Crippen LogP contribution in [0.15, 0.2) is 47.4 Å². The second kappa shape index (κ2) is 7.37. The number of hydrogen-bond donors (Lipinski definition) is 2. The zero-order chi connectivity index (χ0) is 20.7. The zero-order valence-corrected chi connectivity index (χ0v) is 16.7. The van der Waals surface area contributed by atoms with Gasteiger partial charge in [0.25, 0.3) is 5.56 Å². The minimum absolute atomic E-state index is 0.0313. The average molecular weight is 412 g/mol. The van der Waals surface area contributed by atoms with E-state index in [1.54, 1.807) is 6.92 Å². The molecule has 2 aromatic heterocycles. The number of aromatic amines is 1. The summed E-state index contributed by atoms with van der Waals surface area (Å²) in [6, 6.07) is 10.7. The van der Waals surface area contributed by atoms with E-state index in [-0.39, 0.29) is 22.6 Å². The quantitative estimate of drug-likeness (QED) is 0.518. The first kappa shape index (κ1) is 19.2. The van der Waals surface area contributed by atoms with Gasteiger partial charge in [-0.2, -0.15) is 5.10 Å². The smallest absolute Gasteiger partial charge is 0.278 e. The molecule has 5 nitrogen and oxygen atoms in total. The molecule has 0 amide bonds. The molecule has 0 spiro atoms. The van der Waals surface area contributed by atoms with E-state index in [2.05, 4.69) is 16.1 Å². The third kappa shape index (κ3) is 3.40. The number of aromatic hydroxyl groups is 1. The van der Waals surface area contributed by atoms with Gasteiger partial charge in [-0.05, 0) is 66.6 Å². The van der Waals surface area contributed by atoms with Crippen molar-refractivity contribution in [2.24, 2.45) is 7.05 Å². The van der Waals surface area contributed by atoms with Gasteiger partial charge in [0, 0.05) is 29.3 Å². The molecule has 0 fully saturated rings. The van der Waals surface area contributed by atoms with Crippen LogP contribution >= 0.6 is 11.6 Å². The van der Waals surface area contributed by atoms with Gasteiger partial charge in [-0.15, -0.1) is 0 Å². The largest absolute Gasteiger partial charge is 0.505 e. The van der Waals surface area contributed by atoms with Crippen molar-refractivity contribution in [2.75, 3.05) is 0 Å². The van der Waals surface area contributed by atoms with Crippen molar-refractivity contribution in [3.63, 3.8) is 0 Å². The van der Waals surface area contributed by atoms with Gasteiger partial charge in [0.05, 0.1) is 5.56 Å². The van der Waals surface area contributed by atoms with Crippen LogP contribution in [0, 0.1) is 12.7 Å². The maximum absolute atomic E-state index is 14.9. The van der Waals surface area contributed by atoms with Crippen LogP contribution in [-0.4, -0.2) is 19.9 Å². The van der Waals surface area contributed by atoms with Crippen molar-refractivity contribution in [2.45, 2.75) is 19.8 Å². The Bertz CT molecular complexity index is 1290. The van der Waals surface area contributed by atoms with Crippen LogP contribution in [0.2, 0.25) is 5.02 Å². The molecule has 0 aliphatic carbocycles. The highest BCUT2D eigenvalue weighted by molar-refractivity contribution is 6.31. The number of nitrogens with zero attached hydrogens (tertiary/aromatic N) is 2. The molecule has 4 aromatic rings. The summed E-state index contributed by atoms with van der Waals surface area (Å²) >= 11 is 6.40. The van der Waals surface area contributed by atoms with Gasteiger partial charge in [-0.3, -0.25) is 4.79 Å². The number of rotatable bonds is 4. The fourth-order valence-corrected chi connectivity index (χ4v) is 3.88. The van der Waals surface area contributed by atoms with Gasteiger partial charge in [0.2, 0.25) is 0 Å². The standard InChI is InChI=1S/C22H19ClFN3O2/c1-12-21(28)20(22(29)27(2)26-12)19-15(16(23)6-7-17(19)24)5-3-13-4-8-18-14(11-13)9-10-25-18/h4,6-11,25,28H,3,5H2,1-2H3. The number of benzene rings is 2. The Morgan fingerprint density at radius 3 is 2.76 bits per heavy atom. The molecule has 0 radical (unpaired) electrons. The van der Waals surface area contributed by atoms with Crippen LogP contribution in [-0.2, 0) is 19.9 Å². The van der Waals surface area contributed by atoms with E-state index >= 15 is 0 Å². The molecule has 0 saturated carbocycles. The van der Waals surface area contributed by atoms with Gasteiger partial charge in [-0.1, -0.05) is 17.7 Å². The van der Waals surface area contributed by atoms with Crippen molar-refractivity contribution in [1.82, 2.24) is 14.8 Å². The van der Waals surface area contributed by atoms with Crippen molar-refractivity contribution in [3.8, 4) is 16.9 Å². The zero-order valence-electron chi connectivity index (χ0n) is 16.0. The highest BCUT2D eigenvalue weighted by Gasteiger charge is 2.23. The van der Waals surface area contributed by atoms with Gasteiger partial charge >= 0.3 is 0 Å². The van der Waals surface area contributed by atoms with E-state index in [4.69, 9.17) is 11.6 Å². The average Bonchev–Trinajstić information content (AvgIpc) is 3.16. The Morgan fingerprint density at radius 1 is 1.17 bits per heavy atom. The van der Waals surface area contributed by atoms with Crippen LogP contribution in [0.5, 0.6) is 5.75 Å². The summed E-state index contributed by atoms with van der Waals surface area (Å²) in [6.07, 6.45) is 2.88. The fourth-order valence-electron chi connectivity index (χ4n) is 3.62. The molecule has 148 valence electrons. The molecule has 2 aromatic carbocycles. The van der Waals surface area contributed by atoms with Gasteiger partial charge in [0.1, 0.15) is 11.5 Å². The molecule has 2 N–H and O–H groups in total. The van der Waals surface area contributed by atoms with E-state index in [9.17, 15) is 14.3 Å². The number of aromatic nitrogens is 3. The Morgan fingerprint density at radius 2 is 1.97 bits per heavy atom. The third-order valence-electron chi connectivity index (χ3n) is 5.12. The number of H-pyrrole nitrogens is 1. The minimum atomic E-state index is -0.608. The monoisotopic (exact) mass is 411 g/mol. The Hall–Kier alpha value is -3.12. The predicted octanol–water partition coefficient (Wildman–Crippen LogP) is 4.52. The van der Waals surface area contributed by atoms with E-state index in [1.807, 2.05) is 24.4 Å². The van der Waals surface area contributed by atoms with E-state index < -0.39 is 11.4 Å². The first-order valence-corrected chi connectivity index (χ1v) is 9.54. The van der Waals surface area contributed by atoms with Crippen LogP contribution in [0.25, 0.3) is 22.0 Å². The number of nitrogens with one attached hydrogen (secondary N) is 1. The third-order valence-corrected chi connectivity index (χ3v) is 5.48. The summed E-state index contributed by atoms with van der Waals surface area (Å²) in [5.74, 6) is -0.937. The lowest BCUT2D eigenvalue weighted by Crippen LogP contribution is -2.23. The Balaban J connectivity index is 1.81. The summed E-state index contributed by atoms with van der Waals surface area (Å²) in [5.41, 5.74) is 2.17. The molecule has 0 saturated heterocycles. The molecule has 0 unspecified atom stereocenters. The molecule has 2 heterocycles. The maximum atomic E-state index is 14.9. The Kier molecular flexibility index (Phi) is 4.88. The predicted molar refractivity (Wildman–Crippen MR) is 112 cm³/mol. The topological polar surface area (TPSA) is 70.9 Å². The lowest BCUT2D eigenvalue weighted by Gasteiger charge is -2.15. The van der Waals surface area contributed by atoms with Crippen LogP contribution < -0.4 is 5.56 Å². The van der Waals surface area contributed by atoms with Crippen LogP contribution in [0.3, 0.4) is 0 Å². The molecule has 7 heteroatoms. The molecular formula is C22H19ClFN3O2. The lowest BCUT2D eigenvalue weighted by molar-refractivity contribution is 0.460. The summed E-state index contributed by atoms with van der Waals surface area (Å²) in [6.45, 7) is 1.56. The number of halogens is 2. The number of fused-ring (bicyclic) bond motifs is 1. The van der Waals surface area contributed by atoms with E-state index in [0.29, 0.717) is 23.4 Å². The summed E-state index contributed by atoms with van der Waals surface area (Å²) in [7, 11) is 1.46. The van der Waals surface area contributed by atoms with Gasteiger partial charge in [-0.25, -0.2) is 9.07 Å². The molecule has 29 heavy (non-hydrogen) atoms. The molecule has 4 rings (SSSR count). The Labute approximate surface area is 171 Å². The molecule has 0 bridgehead atoms. The molecular weight excluding hydrogens is 393 g/mol. The first-order chi connectivity index (χ1) is 13.9. The normalized spacial score (nSPS) is 11.3. The summed E-state index contributed by atoms with van der Waals surface area (Å²) in [4.78, 5) is 15.8. The van der Waals surface area contributed by atoms with Crippen molar-refractivity contribution >= 4 is 22.5 Å². The van der Waals surface area contributed by atoms with Crippen LogP contribution in [0.1, 0.15) is 16.8 Å². The van der Waals surface area contributed by atoms with Crippen LogP contribution in [0.4, 0.5) is 4.39 Å². The van der Waals surface area contributed by atoms with Crippen molar-refractivity contribution in [1.29, 1.82) is 0 Å². The highest BCUT2D eigenvalue weighted by atomic mass is 35.5. The molecule has 0 aliphatic heterocycles. The highest BCUT2D eigenvalue weighted by Crippen LogP contribution is 2.36. The van der Waals surface area contributed by atoms with Crippen molar-refractivity contribution in [3.05, 3.63) is 80.6 Å². The number of aryl methyl sites for hydroxylation is 3. The van der Waals surface area contributed by atoms with Crippen molar-refractivity contribution < 1.29 is 9.50 Å². The minimum Gasteiger partial charge on any atom is -0.505 e. The second-order valence-corrected chi connectivity index (χ2v) is 7.43. The fraction of sp³-hybridized carbons (Fsp3) is 0.182. The van der Waals surface area contributed by atoms with E-state index in [1.165, 1.54) is 19.2 Å². The first-order valence-electron chi connectivity index (χ1n) is 9.17. The molecule has 0 atom stereocenters. The second-order valence-electron chi connectivity index (χ2n) is 7.02. The molecule has 0 aliphatic rings. The summed E-state index contributed by atoms with van der Waals surface area (Å²) < 4.78 is 16.0. The summed E-state index contributed by atoms with van der Waals surface area (Å²) in [5, 5.41) is 15.9. The van der Waals surface area contributed by atoms with Gasteiger partial charge in [0.15, 0.2) is 5.75 Å². The van der Waals surface area contributed by atoms with E-state index in [0.717, 1.165) is 21.1 Å². The lowest BCUT2D eigenvalue weighted by atomic mass is 9.94. The maximum Gasteiger partial charge on any atom is 0.278 e. The SMILES string of the molecule is Cc1nn(C)c(=O)c(-c2c(F)ccc(Cl)c2CCc2ccc3[nH]ccc3c2)c1O. The number of hydrogen-bond acceptors (Lipinski definition) is 3. The van der Waals surface area contributed by atoms with Gasteiger partial charge < -0.3 is 10.1 Å².